The van der Waals surface area contributed by atoms with Gasteiger partial charge in [-0.3, -0.25) is 9.79 Å². The fourth-order valence-corrected chi connectivity index (χ4v) is 1.95. The molecule has 2 nitrogen and oxygen atoms in total. The van der Waals surface area contributed by atoms with Crippen molar-refractivity contribution in [3.05, 3.63) is 34.9 Å². The lowest BCUT2D eigenvalue weighted by atomic mass is 9.90. The highest BCUT2D eigenvalue weighted by Crippen LogP contribution is 2.34. The van der Waals surface area contributed by atoms with Gasteiger partial charge in [-0.05, 0) is 38.3 Å². The van der Waals surface area contributed by atoms with Crippen LogP contribution >= 0.6 is 0 Å². The molecule has 1 saturated carbocycles. The van der Waals surface area contributed by atoms with Crippen LogP contribution in [0.5, 0.6) is 0 Å². The van der Waals surface area contributed by atoms with Gasteiger partial charge in [0.1, 0.15) is 0 Å². The average molecular weight is 215 g/mol. The van der Waals surface area contributed by atoms with E-state index in [2.05, 4.69) is 18.8 Å². The summed E-state index contributed by atoms with van der Waals surface area (Å²) in [6, 6.07) is 0. The third kappa shape index (κ3) is 1.92. The van der Waals surface area contributed by atoms with Crippen LogP contribution in [0.25, 0.3) is 0 Å². The second kappa shape index (κ2) is 4.20. The van der Waals surface area contributed by atoms with E-state index in [-0.39, 0.29) is 11.7 Å². The van der Waals surface area contributed by atoms with Crippen molar-refractivity contribution in [1.82, 2.24) is 0 Å². The molecular formula is C14H17NO. The largest absolute Gasteiger partial charge is 0.294 e. The first-order valence-corrected chi connectivity index (χ1v) is 5.72. The molecule has 0 unspecified atom stereocenters. The zero-order chi connectivity index (χ0) is 11.7. The van der Waals surface area contributed by atoms with Crippen molar-refractivity contribution in [2.45, 2.75) is 26.7 Å². The summed E-state index contributed by atoms with van der Waals surface area (Å²) in [5.74, 6) is 0.525. The maximum Gasteiger partial charge on any atom is 0.168 e. The topological polar surface area (TPSA) is 29.4 Å². The summed E-state index contributed by atoms with van der Waals surface area (Å²) in [6.07, 6.45) is 7.96. The number of rotatable bonds is 2. The number of aliphatic imine (C=N–C) groups is 1. The van der Waals surface area contributed by atoms with E-state index in [1.807, 2.05) is 18.2 Å². The Morgan fingerprint density at radius 3 is 2.56 bits per heavy atom. The molecule has 0 spiro atoms. The highest BCUT2D eigenvalue weighted by Gasteiger charge is 2.34. The fourth-order valence-electron chi connectivity index (χ4n) is 1.95. The lowest BCUT2D eigenvalue weighted by Gasteiger charge is -2.15. The number of Topliss-reactive ketones (excluding diaryl/α,β-unsaturated/α-hetero) is 1. The molecule has 0 aliphatic heterocycles. The zero-order valence-electron chi connectivity index (χ0n) is 10.1. The first kappa shape index (κ1) is 11.1. The van der Waals surface area contributed by atoms with Gasteiger partial charge in [-0.2, -0.15) is 0 Å². The molecule has 0 saturated heterocycles. The lowest BCUT2D eigenvalue weighted by molar-refractivity contribution is -0.116. The quantitative estimate of drug-likeness (QED) is 0.696. The second-order valence-electron chi connectivity index (χ2n) is 4.56. The van der Waals surface area contributed by atoms with Gasteiger partial charge in [0.15, 0.2) is 5.78 Å². The third-order valence-corrected chi connectivity index (χ3v) is 3.01. The second-order valence-corrected chi connectivity index (χ2v) is 4.56. The summed E-state index contributed by atoms with van der Waals surface area (Å²) >= 11 is 0. The van der Waals surface area contributed by atoms with Gasteiger partial charge in [0.2, 0.25) is 0 Å². The zero-order valence-corrected chi connectivity index (χ0v) is 10.1. The van der Waals surface area contributed by atoms with Gasteiger partial charge in [-0.1, -0.05) is 17.7 Å². The van der Waals surface area contributed by atoms with E-state index in [0.29, 0.717) is 0 Å². The van der Waals surface area contributed by atoms with E-state index in [9.17, 15) is 4.79 Å². The molecule has 84 valence electrons. The summed E-state index contributed by atoms with van der Waals surface area (Å²) < 4.78 is 0. The van der Waals surface area contributed by atoms with Crippen LogP contribution in [0, 0.1) is 5.92 Å². The standard InChI is InChI=1S/C14H17NO/c1-9(2)11-5-4-6-12(13(11)15-3)14(16)10-7-8-10/h4-6,10H,7-8H2,1-3H3. The van der Waals surface area contributed by atoms with Gasteiger partial charge >= 0.3 is 0 Å². The smallest absolute Gasteiger partial charge is 0.168 e. The van der Waals surface area contributed by atoms with Gasteiger partial charge in [0.25, 0.3) is 0 Å². The van der Waals surface area contributed by atoms with Gasteiger partial charge in [0.05, 0.1) is 5.71 Å². The highest BCUT2D eigenvalue weighted by atomic mass is 16.1. The van der Waals surface area contributed by atoms with E-state index in [1.54, 1.807) is 7.05 Å². The monoisotopic (exact) mass is 215 g/mol. The summed E-state index contributed by atoms with van der Waals surface area (Å²) in [5.41, 5.74) is 3.95. The molecule has 0 heterocycles. The summed E-state index contributed by atoms with van der Waals surface area (Å²) in [7, 11) is 1.76. The molecule has 2 rings (SSSR count). The van der Waals surface area contributed by atoms with Crippen molar-refractivity contribution < 1.29 is 4.79 Å². The van der Waals surface area contributed by atoms with Crippen LogP contribution in [-0.2, 0) is 4.79 Å². The Morgan fingerprint density at radius 1 is 1.38 bits per heavy atom. The first-order chi connectivity index (χ1) is 7.65. The van der Waals surface area contributed by atoms with Crippen molar-refractivity contribution in [1.29, 1.82) is 0 Å². The Hall–Kier alpha value is -1.44. The van der Waals surface area contributed by atoms with Gasteiger partial charge in [0, 0.05) is 18.5 Å². The number of nitrogens with zero attached hydrogens (tertiary/aromatic N) is 1. The van der Waals surface area contributed by atoms with Crippen LogP contribution in [0.4, 0.5) is 0 Å². The molecule has 2 heteroatoms. The van der Waals surface area contributed by atoms with Crippen molar-refractivity contribution >= 4 is 11.5 Å². The number of hydrogen-bond acceptors (Lipinski definition) is 2. The molecule has 16 heavy (non-hydrogen) atoms. The van der Waals surface area contributed by atoms with E-state index in [0.717, 1.165) is 29.7 Å². The molecule has 2 aliphatic rings. The molecule has 0 atom stereocenters. The minimum absolute atomic E-state index is 0.257. The average Bonchev–Trinajstić information content (AvgIpc) is 3.10. The van der Waals surface area contributed by atoms with E-state index < -0.39 is 0 Å². The van der Waals surface area contributed by atoms with Crippen LogP contribution in [0.3, 0.4) is 0 Å². The minimum Gasteiger partial charge on any atom is -0.294 e. The van der Waals surface area contributed by atoms with Gasteiger partial charge < -0.3 is 0 Å². The number of hydrogen-bond donors (Lipinski definition) is 0. The van der Waals surface area contributed by atoms with Crippen LogP contribution in [0.2, 0.25) is 0 Å². The van der Waals surface area contributed by atoms with Gasteiger partial charge in [-0.15, -0.1) is 0 Å². The molecule has 0 N–H and O–H groups in total. The maximum atomic E-state index is 12.1. The maximum absolute atomic E-state index is 12.1. The Morgan fingerprint density at radius 2 is 2.06 bits per heavy atom. The summed E-state index contributed by atoms with van der Waals surface area (Å²) in [6.45, 7) is 4.10. The summed E-state index contributed by atoms with van der Waals surface area (Å²) in [4.78, 5) is 16.4. The van der Waals surface area contributed by atoms with Crippen molar-refractivity contribution in [2.24, 2.45) is 10.9 Å². The Labute approximate surface area is 96.5 Å². The molecule has 1 fully saturated rings. The number of allylic oxidation sites excluding steroid dienone is 6. The first-order valence-electron chi connectivity index (χ1n) is 5.72. The molecular weight excluding hydrogens is 198 g/mol. The molecule has 0 bridgehead atoms. The highest BCUT2D eigenvalue weighted by molar-refractivity contribution is 6.31. The van der Waals surface area contributed by atoms with Crippen LogP contribution < -0.4 is 0 Å². The Kier molecular flexibility index (Phi) is 2.90. The number of carbonyl (C=O) groups is 1. The third-order valence-electron chi connectivity index (χ3n) is 3.01. The molecule has 0 aromatic rings. The molecule has 0 radical (unpaired) electrons. The van der Waals surface area contributed by atoms with Crippen LogP contribution in [-0.4, -0.2) is 18.5 Å². The van der Waals surface area contributed by atoms with Gasteiger partial charge in [-0.25, -0.2) is 0 Å². The van der Waals surface area contributed by atoms with Crippen molar-refractivity contribution in [3.63, 3.8) is 0 Å². The number of carbonyl (C=O) groups excluding carboxylic acids is 1. The molecule has 0 aromatic carbocycles. The van der Waals surface area contributed by atoms with Crippen LogP contribution in [0.1, 0.15) is 26.7 Å². The predicted molar refractivity (Wildman–Crippen MR) is 66.7 cm³/mol. The molecule has 0 aromatic heterocycles. The SMILES string of the molecule is CN=C1C(C(=O)C2CC2)=CC=CC1=C(C)C. The number of ketones is 1. The summed E-state index contributed by atoms with van der Waals surface area (Å²) in [5, 5.41) is 0. The predicted octanol–water partition coefficient (Wildman–Crippen LogP) is 2.87. The normalized spacial score (nSPS) is 22.3. The van der Waals surface area contributed by atoms with E-state index in [1.165, 1.54) is 5.57 Å². The Balaban J connectivity index is 2.38. The van der Waals surface area contributed by atoms with Crippen LogP contribution in [0.15, 0.2) is 39.9 Å². The fraction of sp³-hybridized carbons (Fsp3) is 0.429. The van der Waals surface area contributed by atoms with E-state index >= 15 is 0 Å². The van der Waals surface area contributed by atoms with Crippen molar-refractivity contribution in [2.75, 3.05) is 7.05 Å². The Bertz CT molecular complexity index is 441. The molecule has 2 aliphatic carbocycles. The molecule has 0 amide bonds. The van der Waals surface area contributed by atoms with E-state index in [4.69, 9.17) is 0 Å². The minimum atomic E-state index is 0.257. The van der Waals surface area contributed by atoms with Crippen molar-refractivity contribution in [3.8, 4) is 0 Å². The lowest BCUT2D eigenvalue weighted by Crippen LogP contribution is -2.18.